The summed E-state index contributed by atoms with van der Waals surface area (Å²) < 4.78 is 12.3. The lowest BCUT2D eigenvalue weighted by atomic mass is 9.78. The minimum atomic E-state index is -1.48. The Morgan fingerprint density at radius 3 is 1.31 bits per heavy atom. The first-order valence-corrected chi connectivity index (χ1v) is 40.6. The average Bonchev–Trinajstić information content (AvgIpc) is 1.78. The van der Waals surface area contributed by atoms with Gasteiger partial charge in [0.05, 0.1) is 31.0 Å². The summed E-state index contributed by atoms with van der Waals surface area (Å²) in [4.78, 5) is 40.1. The standard InChI is InChI=1S/C23H23Cl2N7.C23H22Cl2N4O.C13H12Cl3N3O.C10H12BNO2.C10H10BrN.C8H6BrN.ClH/c1-14-27-20(13-21(28-14)26-10-9-15-7-8-18(24)12-19(15)25)16-5-4-6-17(11-16)23(2,3)22-29-31-32-30-22;1-23(2,26-3)17-7-5-6-16(12-17)20-14-21(29-22(28-20)30-4)27-11-10-15-8-9-18(24)13-19(15)25;1-20-13-18-11(16)7-12(19-13)17-5-4-8-2-3-9(14)6-10(8)15;1-10(2,12-3)8-5-4-6-9(7-8)11(13)14;1-10(2,12-3)8-5-4-6-9(11)7-8;1-10-6-7-3-2-4-8(9)5-7;/h4-8,11-13H,9-10H2,1-3H3,(H,26,27,28)(H,29,30,31,32);5-9,12-14H,10-11H2,1-2,4H3,(H,27,28,29);2-3,6-7H,4-5H2,1H3,(H,17,18,19);4-7,13-14H,1-2H3;4-7H,1-2H3;2-5H,6H2;1H. The fourth-order valence-electron chi connectivity index (χ4n) is 10.8. The molecular weight excluding hydrogens is 1800 g/mol. The molecule has 0 amide bonds. The summed E-state index contributed by atoms with van der Waals surface area (Å²) in [5.74, 6) is 3.35. The predicted molar refractivity (Wildman–Crippen MR) is 493 cm³/mol. The third kappa shape index (κ3) is 31.1. The molecule has 0 saturated carbocycles. The second-order valence-electron chi connectivity index (χ2n) is 28.1. The number of anilines is 3. The molecule has 0 bridgehead atoms. The third-order valence-corrected chi connectivity index (χ3v) is 20.7. The van der Waals surface area contributed by atoms with E-state index in [0.717, 1.165) is 94.6 Å². The van der Waals surface area contributed by atoms with Gasteiger partial charge in [-0.25, -0.2) is 36.3 Å². The molecule has 21 nitrogen and oxygen atoms in total. The van der Waals surface area contributed by atoms with Gasteiger partial charge < -0.3 is 54.9 Å². The van der Waals surface area contributed by atoms with E-state index in [4.69, 9.17) is 127 Å². The molecule has 0 saturated heterocycles. The summed E-state index contributed by atoms with van der Waals surface area (Å²) in [5.41, 5.74) is 9.78. The fourth-order valence-corrected chi connectivity index (χ4v) is 13.4. The van der Waals surface area contributed by atoms with Crippen molar-refractivity contribution in [3.8, 4) is 34.5 Å². The summed E-state index contributed by atoms with van der Waals surface area (Å²) in [7, 11) is 1.55. The van der Waals surface area contributed by atoms with E-state index in [9.17, 15) is 0 Å². The quantitative estimate of drug-likeness (QED) is 0.0198. The van der Waals surface area contributed by atoms with Crippen molar-refractivity contribution in [1.82, 2.24) is 50.5 Å². The van der Waals surface area contributed by atoms with Gasteiger partial charge in [-0.1, -0.05) is 221 Å². The number of nitrogens with zero attached hydrogens (tertiary/aromatic N) is 13. The zero-order valence-electron chi connectivity index (χ0n) is 66.8. The molecule has 32 heteroatoms. The molecule has 119 heavy (non-hydrogen) atoms. The topological polar surface area (TPSA) is 244 Å². The highest BCUT2D eigenvalue weighted by atomic mass is 79.9. The number of H-pyrrole nitrogens is 1. The van der Waals surface area contributed by atoms with Crippen LogP contribution >= 0.6 is 125 Å². The number of ether oxygens (including phenoxy) is 2. The van der Waals surface area contributed by atoms with E-state index in [0.29, 0.717) is 96.6 Å². The van der Waals surface area contributed by atoms with E-state index in [2.05, 4.69) is 144 Å². The first kappa shape index (κ1) is 98.1. The highest BCUT2D eigenvalue weighted by Crippen LogP contribution is 2.35. The Morgan fingerprint density at radius 2 is 0.874 bits per heavy atom. The number of aromatic amines is 1. The summed E-state index contributed by atoms with van der Waals surface area (Å²) in [5, 5.41) is 46.5. The number of aromatic nitrogens is 10. The van der Waals surface area contributed by atoms with E-state index in [1.807, 2.05) is 174 Å². The number of rotatable bonds is 23. The van der Waals surface area contributed by atoms with Crippen LogP contribution in [0.15, 0.2) is 203 Å². The van der Waals surface area contributed by atoms with Crippen LogP contribution in [0.4, 0.5) is 17.5 Å². The Bertz CT molecular complexity index is 5530. The zero-order chi connectivity index (χ0) is 86.3. The minimum absolute atomic E-state index is 0. The van der Waals surface area contributed by atoms with E-state index < -0.39 is 29.2 Å². The second kappa shape index (κ2) is 47.3. The molecule has 0 aliphatic carbocycles. The number of nitrogens with one attached hydrogen (secondary N) is 4. The maximum Gasteiger partial charge on any atom is 0.488 e. The minimum Gasteiger partial charge on any atom is -0.467 e. The molecule has 6 N–H and O–H groups in total. The summed E-state index contributed by atoms with van der Waals surface area (Å²) in [6.07, 6.45) is 2.20. The largest absolute Gasteiger partial charge is 0.488 e. The number of methoxy groups -OCH3 is 2. The van der Waals surface area contributed by atoms with Crippen LogP contribution in [0.25, 0.3) is 41.9 Å². The normalized spacial score (nSPS) is 10.7. The van der Waals surface area contributed by atoms with Crippen LogP contribution in [0.5, 0.6) is 12.0 Å². The van der Waals surface area contributed by atoms with Crippen LogP contribution < -0.4 is 30.9 Å². The van der Waals surface area contributed by atoms with Crippen LogP contribution in [-0.2, 0) is 47.8 Å². The molecule has 12 rings (SSSR count). The number of hydrogen-bond acceptors (Lipinski definition) is 16. The molecule has 0 spiro atoms. The Labute approximate surface area is 753 Å². The van der Waals surface area contributed by atoms with Crippen molar-refractivity contribution in [2.45, 2.75) is 110 Å². The smallest absolute Gasteiger partial charge is 0.467 e. The van der Waals surface area contributed by atoms with Gasteiger partial charge in [0.25, 0.3) is 16.6 Å². The molecule has 0 aliphatic rings. The molecule has 4 aromatic heterocycles. The van der Waals surface area contributed by atoms with Crippen LogP contribution in [0, 0.1) is 33.2 Å². The predicted octanol–water partition coefficient (Wildman–Crippen LogP) is 23.0. The van der Waals surface area contributed by atoms with Gasteiger partial charge in [-0.3, -0.25) is 0 Å². The molecule has 616 valence electrons. The monoisotopic (exact) mass is 1880 g/mol. The highest BCUT2D eigenvalue weighted by molar-refractivity contribution is 9.10. The van der Waals surface area contributed by atoms with Crippen LogP contribution in [0.1, 0.15) is 112 Å². The van der Waals surface area contributed by atoms with Gasteiger partial charge >= 0.3 is 19.1 Å². The molecule has 12 aromatic rings. The van der Waals surface area contributed by atoms with E-state index >= 15 is 0 Å². The first-order valence-electron chi connectivity index (χ1n) is 36.4. The van der Waals surface area contributed by atoms with Crippen LogP contribution in [0.2, 0.25) is 35.3 Å². The Balaban J connectivity index is 0.000000232. The molecule has 0 aliphatic heterocycles. The second-order valence-corrected chi connectivity index (χ2v) is 32.9. The average molecular weight is 1890 g/mol. The number of halogens is 10. The van der Waals surface area contributed by atoms with Crippen LogP contribution in [0.3, 0.4) is 0 Å². The van der Waals surface area contributed by atoms with Crippen molar-refractivity contribution >= 4 is 156 Å². The van der Waals surface area contributed by atoms with Crippen molar-refractivity contribution in [2.24, 2.45) is 0 Å². The molecular formula is C87H86BBr2Cl8N17O4. The third-order valence-electron chi connectivity index (χ3n) is 17.8. The number of benzene rings is 8. The zero-order valence-corrected chi connectivity index (χ0v) is 76.1. The van der Waals surface area contributed by atoms with Gasteiger partial charge in [0.1, 0.15) is 28.4 Å². The number of aryl methyl sites for hydroxylation is 1. The first-order chi connectivity index (χ1) is 56.1. The Hall–Kier alpha value is -9.71. The van der Waals surface area contributed by atoms with E-state index in [1.54, 1.807) is 56.3 Å². The van der Waals surface area contributed by atoms with Gasteiger partial charge in [0.15, 0.2) is 5.82 Å². The van der Waals surface area contributed by atoms with E-state index in [-0.39, 0.29) is 24.4 Å². The summed E-state index contributed by atoms with van der Waals surface area (Å²) >= 11 is 49.0. The number of hydrogen-bond donors (Lipinski definition) is 6. The van der Waals surface area contributed by atoms with Crippen LogP contribution in [-0.4, -0.2) is 102 Å². The van der Waals surface area contributed by atoms with Gasteiger partial charge in [-0.15, -0.1) is 22.6 Å². The highest BCUT2D eigenvalue weighted by Gasteiger charge is 2.30. The lowest BCUT2D eigenvalue weighted by Crippen LogP contribution is -2.31. The maximum absolute atomic E-state index is 8.96. The Kier molecular flexibility index (Phi) is 39.0. The van der Waals surface area contributed by atoms with Gasteiger partial charge in [-0.05, 0) is 141 Å². The lowest BCUT2D eigenvalue weighted by Gasteiger charge is -2.21. The molecule has 0 unspecified atom stereocenters. The van der Waals surface area contributed by atoms with Gasteiger partial charge in [0.2, 0.25) is 6.54 Å². The molecule has 8 aromatic carbocycles. The van der Waals surface area contributed by atoms with Gasteiger partial charge in [-0.2, -0.15) is 25.1 Å². The molecule has 4 heterocycles. The maximum atomic E-state index is 8.96. The summed E-state index contributed by atoms with van der Waals surface area (Å²) in [6, 6.07) is 60.9. The van der Waals surface area contributed by atoms with Crippen molar-refractivity contribution in [3.05, 3.63) is 340 Å². The fraction of sp³-hybridized carbons (Fsp3) is 0.253. The number of tetrazole rings is 1. The summed E-state index contributed by atoms with van der Waals surface area (Å²) in [6.45, 7) is 47.8. The van der Waals surface area contributed by atoms with E-state index in [1.165, 1.54) is 14.2 Å². The SMILES string of the molecule is COc1nc(Cl)cc(NCCc2ccc(Cl)cc2Cl)n1.Cc1nc(NCCc2ccc(Cl)cc2Cl)cc(-c2cccc(C(C)(C)c3nn[nH]n3)c2)n1.Cl.[C-]#[N+]C(C)(C)c1cccc(-c2cc(NCCc3ccc(Cl)cc3Cl)nc(OC)n2)c1.[C-]#[N+]C(C)(C)c1cccc(B(O)O)c1.[C-]#[N+]C(C)(C)c1cccc(Br)c1.[C-]#[N+]Cc1cccc(Br)c1. The van der Waals surface area contributed by atoms with Crippen molar-refractivity contribution < 1.29 is 19.5 Å². The molecule has 0 fully saturated rings. The molecule has 0 radical (unpaired) electrons. The lowest BCUT2D eigenvalue weighted by molar-refractivity contribution is 0.380. The van der Waals surface area contributed by atoms with Crippen molar-refractivity contribution in [3.63, 3.8) is 0 Å². The van der Waals surface area contributed by atoms with Crippen molar-refractivity contribution in [1.29, 1.82) is 0 Å². The van der Waals surface area contributed by atoms with Gasteiger partial charge in [0, 0.05) is 152 Å². The van der Waals surface area contributed by atoms with Crippen molar-refractivity contribution in [2.75, 3.05) is 49.8 Å². The molecule has 0 atom stereocenters. The Morgan fingerprint density at radius 1 is 0.462 bits per heavy atom.